The second-order valence-electron chi connectivity index (χ2n) is 10.2. The molecule has 3 aliphatic rings. The number of carbonyl (C=O) groups excluding carboxylic acids is 3. The van der Waals surface area contributed by atoms with Gasteiger partial charge in [-0.2, -0.15) is 4.99 Å². The minimum atomic E-state index is -0.796. The number of para-hydroxylation sites is 1. The number of nitrogens with one attached hydrogen (secondary N) is 2. The second kappa shape index (κ2) is 12.6. The summed E-state index contributed by atoms with van der Waals surface area (Å²) in [7, 11) is 0. The highest BCUT2D eigenvalue weighted by atomic mass is 32.2. The van der Waals surface area contributed by atoms with E-state index in [2.05, 4.69) is 15.6 Å². The lowest BCUT2D eigenvalue weighted by atomic mass is 9.95. The van der Waals surface area contributed by atoms with Crippen LogP contribution in [0, 0.1) is 0 Å². The molecule has 39 heavy (non-hydrogen) atoms. The fraction of sp³-hybridized carbons (Fsp3) is 0.433. The van der Waals surface area contributed by atoms with Gasteiger partial charge in [0.1, 0.15) is 11.9 Å². The van der Waals surface area contributed by atoms with Crippen molar-refractivity contribution >= 4 is 46.2 Å². The SMILES string of the molecule is CCC(SC1=Nc2ccccc2C2=NC(=O)C(CC(=O)NCCc3ccccc3)N12)C(=O)NC1CCCCC1. The van der Waals surface area contributed by atoms with Crippen LogP contribution in [-0.4, -0.2) is 57.5 Å². The molecule has 0 radical (unpaired) electrons. The number of fused-ring (bicyclic) bond motifs is 3. The molecule has 9 heteroatoms. The lowest BCUT2D eigenvalue weighted by molar-refractivity contribution is -0.126. The van der Waals surface area contributed by atoms with E-state index in [9.17, 15) is 14.4 Å². The van der Waals surface area contributed by atoms with E-state index in [1.54, 1.807) is 4.90 Å². The Bertz CT molecular complexity index is 1270. The molecule has 2 aromatic rings. The molecule has 2 N–H and O–H groups in total. The third-order valence-electron chi connectivity index (χ3n) is 7.43. The Morgan fingerprint density at radius 1 is 1.03 bits per heavy atom. The molecule has 0 bridgehead atoms. The fourth-order valence-electron chi connectivity index (χ4n) is 5.31. The van der Waals surface area contributed by atoms with Crippen molar-refractivity contribution in [2.75, 3.05) is 6.54 Å². The van der Waals surface area contributed by atoms with Gasteiger partial charge in [-0.05, 0) is 43.4 Å². The van der Waals surface area contributed by atoms with Crippen molar-refractivity contribution in [2.24, 2.45) is 9.98 Å². The zero-order valence-corrected chi connectivity index (χ0v) is 23.1. The summed E-state index contributed by atoms with van der Waals surface area (Å²) in [6, 6.07) is 16.9. The van der Waals surface area contributed by atoms with Crippen LogP contribution in [0.4, 0.5) is 5.69 Å². The number of hydrogen-bond donors (Lipinski definition) is 2. The summed E-state index contributed by atoms with van der Waals surface area (Å²) >= 11 is 1.35. The van der Waals surface area contributed by atoms with Crippen molar-refractivity contribution in [3.8, 4) is 0 Å². The zero-order chi connectivity index (χ0) is 27.2. The number of aliphatic imine (C=N–C) groups is 2. The lowest BCUT2D eigenvalue weighted by Crippen LogP contribution is -2.47. The molecular weight excluding hydrogens is 510 g/mol. The van der Waals surface area contributed by atoms with Gasteiger partial charge in [-0.25, -0.2) is 4.99 Å². The third-order valence-corrected chi connectivity index (χ3v) is 8.76. The molecule has 1 aliphatic carbocycles. The summed E-state index contributed by atoms with van der Waals surface area (Å²) in [6.45, 7) is 2.46. The summed E-state index contributed by atoms with van der Waals surface area (Å²) in [5, 5.41) is 6.34. The van der Waals surface area contributed by atoms with Gasteiger partial charge < -0.3 is 10.6 Å². The Balaban J connectivity index is 1.31. The normalized spacial score (nSPS) is 19.5. The fourth-order valence-corrected chi connectivity index (χ4v) is 6.39. The van der Waals surface area contributed by atoms with Crippen LogP contribution in [0.2, 0.25) is 0 Å². The number of carbonyl (C=O) groups is 3. The Morgan fingerprint density at radius 2 is 1.77 bits per heavy atom. The molecule has 2 heterocycles. The Morgan fingerprint density at radius 3 is 2.54 bits per heavy atom. The molecule has 2 unspecified atom stereocenters. The number of thioether (sulfide) groups is 1. The molecule has 0 saturated heterocycles. The van der Waals surface area contributed by atoms with Crippen LogP contribution < -0.4 is 10.6 Å². The second-order valence-corrected chi connectivity index (χ2v) is 11.4. The Hall–Kier alpha value is -3.46. The van der Waals surface area contributed by atoms with Crippen LogP contribution in [0.5, 0.6) is 0 Å². The minimum Gasteiger partial charge on any atom is -0.356 e. The predicted octanol–water partition coefficient (Wildman–Crippen LogP) is 4.35. The van der Waals surface area contributed by atoms with Crippen LogP contribution in [-0.2, 0) is 20.8 Å². The van der Waals surface area contributed by atoms with Crippen molar-refractivity contribution in [3.05, 3.63) is 65.7 Å². The molecule has 2 atom stereocenters. The molecule has 5 rings (SSSR count). The molecule has 0 aromatic heterocycles. The van der Waals surface area contributed by atoms with Crippen molar-refractivity contribution in [1.82, 2.24) is 15.5 Å². The molecule has 3 amide bonds. The summed E-state index contributed by atoms with van der Waals surface area (Å²) < 4.78 is 0. The van der Waals surface area contributed by atoms with Crippen LogP contribution in [0.1, 0.15) is 63.0 Å². The van der Waals surface area contributed by atoms with E-state index in [0.717, 1.165) is 36.8 Å². The van der Waals surface area contributed by atoms with Crippen molar-refractivity contribution in [2.45, 2.75) is 75.6 Å². The Kier molecular flexibility index (Phi) is 8.76. The lowest BCUT2D eigenvalue weighted by Gasteiger charge is -2.32. The van der Waals surface area contributed by atoms with Gasteiger partial charge in [-0.3, -0.25) is 19.3 Å². The van der Waals surface area contributed by atoms with Gasteiger partial charge in [0.2, 0.25) is 11.8 Å². The molecule has 2 aromatic carbocycles. The maximum Gasteiger partial charge on any atom is 0.271 e. The van der Waals surface area contributed by atoms with Crippen LogP contribution in [0.3, 0.4) is 0 Å². The summed E-state index contributed by atoms with van der Waals surface area (Å²) in [4.78, 5) is 50.3. The molecule has 204 valence electrons. The van der Waals surface area contributed by atoms with Crippen molar-refractivity contribution in [3.63, 3.8) is 0 Å². The highest BCUT2D eigenvalue weighted by molar-refractivity contribution is 8.15. The molecule has 1 fully saturated rings. The van der Waals surface area contributed by atoms with Gasteiger partial charge in [0.25, 0.3) is 5.91 Å². The average molecular weight is 546 g/mol. The zero-order valence-electron chi connectivity index (χ0n) is 22.3. The van der Waals surface area contributed by atoms with E-state index in [-0.39, 0.29) is 35.4 Å². The van der Waals surface area contributed by atoms with Crippen LogP contribution >= 0.6 is 11.8 Å². The maximum atomic E-state index is 13.2. The Labute approximate surface area is 233 Å². The molecule has 0 spiro atoms. The van der Waals surface area contributed by atoms with Gasteiger partial charge in [0.15, 0.2) is 5.17 Å². The molecule has 8 nitrogen and oxygen atoms in total. The number of rotatable bonds is 9. The van der Waals surface area contributed by atoms with Crippen molar-refractivity contribution < 1.29 is 14.4 Å². The number of hydrogen-bond acceptors (Lipinski definition) is 6. The first-order valence-electron chi connectivity index (χ1n) is 13.9. The standard InChI is InChI=1S/C30H35N5O3S/c1-2-25(29(38)32-21-13-7-4-8-14-21)39-30-33-23-16-10-9-15-22(23)27-34-28(37)24(35(27)30)19-26(36)31-18-17-20-11-5-3-6-12-20/h3,5-6,9-12,15-16,21,24-25H,2,4,7-8,13-14,17-19H2,1H3,(H,31,36)(H,32,38). The number of nitrogens with zero attached hydrogens (tertiary/aromatic N) is 3. The van der Waals surface area contributed by atoms with E-state index in [1.165, 1.54) is 18.2 Å². The number of amides is 3. The van der Waals surface area contributed by atoms with Crippen molar-refractivity contribution in [1.29, 1.82) is 0 Å². The van der Waals surface area contributed by atoms with Crippen LogP contribution in [0.25, 0.3) is 0 Å². The first kappa shape index (κ1) is 27.1. The maximum absolute atomic E-state index is 13.2. The highest BCUT2D eigenvalue weighted by Gasteiger charge is 2.43. The van der Waals surface area contributed by atoms with E-state index < -0.39 is 6.04 Å². The summed E-state index contributed by atoms with van der Waals surface area (Å²) in [5.74, 6) is -0.0909. The topological polar surface area (TPSA) is 103 Å². The first-order chi connectivity index (χ1) is 19.0. The minimum absolute atomic E-state index is 0.00447. The van der Waals surface area contributed by atoms with Gasteiger partial charge in [0, 0.05) is 18.2 Å². The molecule has 1 saturated carbocycles. The number of amidine groups is 2. The van der Waals surface area contributed by atoms with E-state index in [0.29, 0.717) is 36.1 Å². The van der Waals surface area contributed by atoms with Gasteiger partial charge in [-0.15, -0.1) is 0 Å². The van der Waals surface area contributed by atoms with Gasteiger partial charge >= 0.3 is 0 Å². The summed E-state index contributed by atoms with van der Waals surface area (Å²) in [5.41, 5.74) is 2.59. The number of benzene rings is 2. The van der Waals surface area contributed by atoms with Crippen LogP contribution in [0.15, 0.2) is 64.6 Å². The third kappa shape index (κ3) is 6.41. The summed E-state index contributed by atoms with van der Waals surface area (Å²) in [6.07, 6.45) is 6.82. The smallest absolute Gasteiger partial charge is 0.271 e. The molecular formula is C30H35N5O3S. The van der Waals surface area contributed by atoms with E-state index >= 15 is 0 Å². The van der Waals surface area contributed by atoms with E-state index in [4.69, 9.17) is 4.99 Å². The van der Waals surface area contributed by atoms with Gasteiger partial charge in [-0.1, -0.05) is 80.4 Å². The monoisotopic (exact) mass is 545 g/mol. The highest BCUT2D eigenvalue weighted by Crippen LogP contribution is 2.36. The molecule has 2 aliphatic heterocycles. The quantitative estimate of drug-likeness (QED) is 0.488. The largest absolute Gasteiger partial charge is 0.356 e. The predicted molar refractivity (Wildman–Crippen MR) is 155 cm³/mol. The van der Waals surface area contributed by atoms with E-state index in [1.807, 2.05) is 61.5 Å². The average Bonchev–Trinajstić information content (AvgIpc) is 3.28. The first-order valence-corrected chi connectivity index (χ1v) is 14.8. The van der Waals surface area contributed by atoms with Gasteiger partial charge in [0.05, 0.1) is 17.4 Å².